The van der Waals surface area contributed by atoms with Crippen LogP contribution in [0.25, 0.3) is 0 Å². The SMILES string of the molecule is CC(c1ccccc1)C1C=CC=C1. The Kier molecular flexibility index (Phi) is 2.31. The van der Waals surface area contributed by atoms with E-state index in [1.165, 1.54) is 5.56 Å². The van der Waals surface area contributed by atoms with Crippen LogP contribution >= 0.6 is 0 Å². The molecule has 2 rings (SSSR count). The molecule has 0 fully saturated rings. The van der Waals surface area contributed by atoms with Crippen molar-refractivity contribution in [2.24, 2.45) is 5.92 Å². The zero-order valence-electron chi connectivity index (χ0n) is 7.85. The highest BCUT2D eigenvalue weighted by molar-refractivity contribution is 5.27. The van der Waals surface area contributed by atoms with Crippen molar-refractivity contribution in [1.29, 1.82) is 0 Å². The number of benzene rings is 1. The van der Waals surface area contributed by atoms with Gasteiger partial charge in [-0.15, -0.1) is 0 Å². The summed E-state index contributed by atoms with van der Waals surface area (Å²) in [5.41, 5.74) is 1.42. The maximum atomic E-state index is 2.28. The Labute approximate surface area is 79.6 Å². The summed E-state index contributed by atoms with van der Waals surface area (Å²) in [6.45, 7) is 2.28. The van der Waals surface area contributed by atoms with Crippen LogP contribution in [0.2, 0.25) is 0 Å². The number of hydrogen-bond donors (Lipinski definition) is 0. The Hall–Kier alpha value is -1.30. The summed E-state index contributed by atoms with van der Waals surface area (Å²) in [5.74, 6) is 1.18. The first-order valence-corrected chi connectivity index (χ1v) is 4.78. The standard InChI is InChI=1S/C13H14/c1-11(13-9-5-6-10-13)12-7-3-2-4-8-12/h2-11,13H,1H3. The van der Waals surface area contributed by atoms with Crippen LogP contribution < -0.4 is 0 Å². The molecule has 66 valence electrons. The highest BCUT2D eigenvalue weighted by atomic mass is 14.2. The smallest absolute Gasteiger partial charge is 0.00189 e. The molecule has 1 atom stereocenters. The highest BCUT2D eigenvalue weighted by Gasteiger charge is 2.14. The molecule has 0 spiro atoms. The lowest BCUT2D eigenvalue weighted by Gasteiger charge is -2.15. The zero-order chi connectivity index (χ0) is 9.10. The largest absolute Gasteiger partial charge is 0.0770 e. The molecule has 0 saturated carbocycles. The lowest BCUT2D eigenvalue weighted by atomic mass is 9.89. The molecule has 0 amide bonds. The Morgan fingerprint density at radius 2 is 1.62 bits per heavy atom. The van der Waals surface area contributed by atoms with Crippen molar-refractivity contribution in [3.05, 3.63) is 60.2 Å². The molecular weight excluding hydrogens is 156 g/mol. The van der Waals surface area contributed by atoms with Crippen LogP contribution in [0.1, 0.15) is 18.4 Å². The molecule has 0 radical (unpaired) electrons. The molecule has 1 aromatic rings. The van der Waals surface area contributed by atoms with E-state index < -0.39 is 0 Å². The first-order valence-electron chi connectivity index (χ1n) is 4.78. The van der Waals surface area contributed by atoms with Gasteiger partial charge in [0.15, 0.2) is 0 Å². The van der Waals surface area contributed by atoms with Gasteiger partial charge in [-0.3, -0.25) is 0 Å². The van der Waals surface area contributed by atoms with Crippen LogP contribution in [0, 0.1) is 5.92 Å². The van der Waals surface area contributed by atoms with Gasteiger partial charge in [0.2, 0.25) is 0 Å². The van der Waals surface area contributed by atoms with Gasteiger partial charge in [-0.1, -0.05) is 61.6 Å². The topological polar surface area (TPSA) is 0 Å². The third-order valence-electron chi connectivity index (χ3n) is 2.68. The minimum absolute atomic E-state index is 0.586. The third-order valence-corrected chi connectivity index (χ3v) is 2.68. The number of allylic oxidation sites excluding steroid dienone is 4. The maximum absolute atomic E-state index is 2.28. The predicted octanol–water partition coefficient (Wildman–Crippen LogP) is 3.53. The van der Waals surface area contributed by atoms with Crippen molar-refractivity contribution in [1.82, 2.24) is 0 Å². The Balaban J connectivity index is 2.18. The first kappa shape index (κ1) is 8.31. The van der Waals surface area contributed by atoms with Gasteiger partial charge < -0.3 is 0 Å². The zero-order valence-corrected chi connectivity index (χ0v) is 7.85. The van der Waals surface area contributed by atoms with Crippen LogP contribution in [0.5, 0.6) is 0 Å². The van der Waals surface area contributed by atoms with Crippen molar-refractivity contribution >= 4 is 0 Å². The van der Waals surface area contributed by atoms with Gasteiger partial charge in [0.25, 0.3) is 0 Å². The van der Waals surface area contributed by atoms with Gasteiger partial charge in [-0.05, 0) is 11.5 Å². The Morgan fingerprint density at radius 3 is 2.23 bits per heavy atom. The van der Waals surface area contributed by atoms with Gasteiger partial charge in [0.05, 0.1) is 0 Å². The summed E-state index contributed by atoms with van der Waals surface area (Å²) in [7, 11) is 0. The summed E-state index contributed by atoms with van der Waals surface area (Å²) < 4.78 is 0. The van der Waals surface area contributed by atoms with Crippen LogP contribution in [0.4, 0.5) is 0 Å². The molecule has 0 saturated heterocycles. The van der Waals surface area contributed by atoms with Crippen LogP contribution in [0.3, 0.4) is 0 Å². The van der Waals surface area contributed by atoms with Gasteiger partial charge in [-0.25, -0.2) is 0 Å². The summed E-state index contributed by atoms with van der Waals surface area (Å²) in [5, 5.41) is 0. The van der Waals surface area contributed by atoms with Crippen LogP contribution in [-0.2, 0) is 0 Å². The fourth-order valence-electron chi connectivity index (χ4n) is 1.76. The minimum atomic E-state index is 0.586. The summed E-state index contributed by atoms with van der Waals surface area (Å²) in [6, 6.07) is 10.7. The fourth-order valence-corrected chi connectivity index (χ4v) is 1.76. The van der Waals surface area contributed by atoms with Gasteiger partial charge in [-0.2, -0.15) is 0 Å². The van der Waals surface area contributed by atoms with Crippen molar-refractivity contribution in [3.63, 3.8) is 0 Å². The van der Waals surface area contributed by atoms with Gasteiger partial charge >= 0.3 is 0 Å². The van der Waals surface area contributed by atoms with E-state index in [0.717, 1.165) is 0 Å². The molecule has 0 bridgehead atoms. The fraction of sp³-hybridized carbons (Fsp3) is 0.231. The Bertz CT molecular complexity index is 307. The van der Waals surface area contributed by atoms with Crippen LogP contribution in [-0.4, -0.2) is 0 Å². The van der Waals surface area contributed by atoms with E-state index in [0.29, 0.717) is 11.8 Å². The molecule has 1 aliphatic rings. The predicted molar refractivity (Wildman–Crippen MR) is 56.6 cm³/mol. The first-order chi connectivity index (χ1) is 6.38. The molecule has 0 aromatic heterocycles. The molecule has 0 N–H and O–H groups in total. The number of hydrogen-bond acceptors (Lipinski definition) is 0. The number of rotatable bonds is 2. The third kappa shape index (κ3) is 1.72. The van der Waals surface area contributed by atoms with Crippen molar-refractivity contribution < 1.29 is 0 Å². The molecule has 0 heteroatoms. The summed E-state index contributed by atoms with van der Waals surface area (Å²) in [6.07, 6.45) is 8.78. The Morgan fingerprint density at radius 1 is 1.00 bits per heavy atom. The van der Waals surface area contributed by atoms with E-state index in [2.05, 4.69) is 61.6 Å². The van der Waals surface area contributed by atoms with E-state index in [9.17, 15) is 0 Å². The molecule has 1 unspecified atom stereocenters. The second-order valence-corrected chi connectivity index (χ2v) is 3.55. The van der Waals surface area contributed by atoms with E-state index in [4.69, 9.17) is 0 Å². The molecule has 13 heavy (non-hydrogen) atoms. The lowest BCUT2D eigenvalue weighted by Crippen LogP contribution is -2.02. The quantitative estimate of drug-likeness (QED) is 0.637. The minimum Gasteiger partial charge on any atom is -0.0770 e. The van der Waals surface area contributed by atoms with Gasteiger partial charge in [0, 0.05) is 5.92 Å². The second-order valence-electron chi connectivity index (χ2n) is 3.55. The molecule has 0 nitrogen and oxygen atoms in total. The average molecular weight is 170 g/mol. The van der Waals surface area contributed by atoms with Crippen LogP contribution in [0.15, 0.2) is 54.6 Å². The second kappa shape index (κ2) is 3.61. The van der Waals surface area contributed by atoms with Crippen molar-refractivity contribution in [3.8, 4) is 0 Å². The van der Waals surface area contributed by atoms with Crippen molar-refractivity contribution in [2.75, 3.05) is 0 Å². The van der Waals surface area contributed by atoms with E-state index in [1.54, 1.807) is 0 Å². The summed E-state index contributed by atoms with van der Waals surface area (Å²) in [4.78, 5) is 0. The van der Waals surface area contributed by atoms with Crippen molar-refractivity contribution in [2.45, 2.75) is 12.8 Å². The molecule has 0 heterocycles. The molecule has 0 aliphatic heterocycles. The molecule has 1 aromatic carbocycles. The summed E-state index contributed by atoms with van der Waals surface area (Å²) >= 11 is 0. The average Bonchev–Trinajstić information content (AvgIpc) is 2.71. The van der Waals surface area contributed by atoms with E-state index >= 15 is 0 Å². The lowest BCUT2D eigenvalue weighted by molar-refractivity contribution is 0.654. The van der Waals surface area contributed by atoms with Gasteiger partial charge in [0.1, 0.15) is 0 Å². The highest BCUT2D eigenvalue weighted by Crippen LogP contribution is 2.28. The van der Waals surface area contributed by atoms with E-state index in [-0.39, 0.29) is 0 Å². The van der Waals surface area contributed by atoms with E-state index in [1.807, 2.05) is 0 Å². The maximum Gasteiger partial charge on any atom is 0.00189 e. The monoisotopic (exact) mass is 170 g/mol. The normalized spacial score (nSPS) is 17.9. The molecular formula is C13H14. The molecule has 1 aliphatic carbocycles.